The van der Waals surface area contributed by atoms with E-state index in [1.54, 1.807) is 13.8 Å². The molecule has 0 heterocycles. The van der Waals surface area contributed by atoms with Crippen LogP contribution in [0.5, 0.6) is 0 Å². The Balaban J connectivity index is 4.21. The molecule has 0 rings (SSSR count). The van der Waals surface area contributed by atoms with Gasteiger partial charge in [-0.05, 0) is 13.8 Å². The molecule has 0 spiro atoms. The van der Waals surface area contributed by atoms with E-state index in [1.807, 2.05) is 0 Å². The van der Waals surface area contributed by atoms with Crippen molar-refractivity contribution in [2.24, 2.45) is 0 Å². The van der Waals surface area contributed by atoms with E-state index < -0.39 is 19.7 Å². The summed E-state index contributed by atoms with van der Waals surface area (Å²) in [5.74, 6) is -0.477. The predicted molar refractivity (Wildman–Crippen MR) is 64.3 cm³/mol. The Morgan fingerprint density at radius 3 is 2.22 bits per heavy atom. The molecule has 0 aliphatic rings. The number of carbonyl (C=O) groups excluding carboxylic acids is 1. The van der Waals surface area contributed by atoms with Crippen LogP contribution in [0.15, 0.2) is 0 Å². The average molecular weight is 284 g/mol. The molecule has 0 aliphatic heterocycles. The first-order chi connectivity index (χ1) is 8.47. The Bertz CT molecular complexity index is 271. The molecule has 0 amide bonds. The second-order valence-corrected chi connectivity index (χ2v) is 5.35. The number of carbonyl (C=O) groups is 1. The van der Waals surface area contributed by atoms with Gasteiger partial charge in [0, 0.05) is 6.92 Å². The van der Waals surface area contributed by atoms with Crippen molar-refractivity contribution in [3.63, 3.8) is 0 Å². The molecule has 0 bridgehead atoms. The van der Waals surface area contributed by atoms with Crippen molar-refractivity contribution in [2.45, 2.75) is 26.9 Å². The van der Waals surface area contributed by atoms with E-state index >= 15 is 0 Å². The minimum atomic E-state index is -3.31. The lowest BCUT2D eigenvalue weighted by Gasteiger charge is -2.20. The van der Waals surface area contributed by atoms with Crippen molar-refractivity contribution in [3.8, 4) is 0 Å². The quantitative estimate of drug-likeness (QED) is 0.475. The maximum absolute atomic E-state index is 12.0. The topological polar surface area (TPSA) is 91.3 Å². The van der Waals surface area contributed by atoms with Gasteiger partial charge in [-0.25, -0.2) is 0 Å². The van der Waals surface area contributed by atoms with Gasteiger partial charge >= 0.3 is 13.6 Å². The second kappa shape index (κ2) is 9.47. The molecule has 0 aromatic carbocycles. The smallest absolute Gasteiger partial charge is 0.356 e. The number of rotatable bonds is 10. The van der Waals surface area contributed by atoms with E-state index in [9.17, 15) is 9.36 Å². The largest absolute Gasteiger partial charge is 0.463 e. The van der Waals surface area contributed by atoms with Crippen molar-refractivity contribution in [1.29, 1.82) is 0 Å². The van der Waals surface area contributed by atoms with Crippen molar-refractivity contribution < 1.29 is 33.0 Å². The third-order valence-corrected chi connectivity index (χ3v) is 3.56. The van der Waals surface area contributed by atoms with Gasteiger partial charge in [0.1, 0.15) is 19.1 Å². The van der Waals surface area contributed by atoms with Crippen LogP contribution in [0.1, 0.15) is 20.8 Å². The molecular formula is C10H21O7P. The standard InChI is InChI=1S/C10H21O7P/c1-4-16-18(13,17-5-2)8-15-10(6-11)7-14-9(3)12/h10-11H,4-8H2,1-3H3. The Morgan fingerprint density at radius 2 is 1.83 bits per heavy atom. The summed E-state index contributed by atoms with van der Waals surface area (Å²) in [5, 5.41) is 9.01. The lowest BCUT2D eigenvalue weighted by molar-refractivity contribution is -0.145. The van der Waals surface area contributed by atoms with Crippen LogP contribution in [0, 0.1) is 0 Å². The highest BCUT2D eigenvalue weighted by Crippen LogP contribution is 2.48. The second-order valence-electron chi connectivity index (χ2n) is 3.35. The summed E-state index contributed by atoms with van der Waals surface area (Å²) in [4.78, 5) is 10.6. The third-order valence-electron chi connectivity index (χ3n) is 1.80. The Labute approximate surface area is 107 Å². The highest BCUT2D eigenvalue weighted by atomic mass is 31.2. The van der Waals surface area contributed by atoms with E-state index in [-0.39, 0.29) is 32.8 Å². The highest BCUT2D eigenvalue weighted by molar-refractivity contribution is 7.53. The zero-order valence-electron chi connectivity index (χ0n) is 11.0. The predicted octanol–water partition coefficient (Wildman–Crippen LogP) is 1.15. The van der Waals surface area contributed by atoms with E-state index in [0.717, 1.165) is 0 Å². The van der Waals surface area contributed by atoms with Crippen LogP contribution in [0.3, 0.4) is 0 Å². The Hall–Kier alpha value is -0.460. The fourth-order valence-electron chi connectivity index (χ4n) is 1.07. The molecule has 0 saturated carbocycles. The van der Waals surface area contributed by atoms with Gasteiger partial charge < -0.3 is 23.6 Å². The van der Waals surface area contributed by atoms with Gasteiger partial charge in [0.15, 0.2) is 0 Å². The SMILES string of the molecule is CCOP(=O)(COC(CO)COC(C)=O)OCC. The van der Waals surface area contributed by atoms with Crippen LogP contribution in [0.2, 0.25) is 0 Å². The summed E-state index contributed by atoms with van der Waals surface area (Å²) in [7, 11) is -3.31. The molecule has 0 aliphatic carbocycles. The van der Waals surface area contributed by atoms with Crippen molar-refractivity contribution >= 4 is 13.6 Å². The molecule has 0 saturated heterocycles. The fraction of sp³-hybridized carbons (Fsp3) is 0.900. The average Bonchev–Trinajstić information content (AvgIpc) is 2.29. The highest BCUT2D eigenvalue weighted by Gasteiger charge is 2.26. The van der Waals surface area contributed by atoms with Crippen LogP contribution in [0.4, 0.5) is 0 Å². The first-order valence-corrected chi connectivity index (χ1v) is 7.44. The number of ether oxygens (including phenoxy) is 2. The van der Waals surface area contributed by atoms with Crippen LogP contribution >= 0.6 is 7.60 Å². The molecule has 0 fully saturated rings. The maximum atomic E-state index is 12.0. The van der Waals surface area contributed by atoms with Crippen molar-refractivity contribution in [3.05, 3.63) is 0 Å². The third kappa shape index (κ3) is 7.79. The number of esters is 1. The van der Waals surface area contributed by atoms with Gasteiger partial charge in [-0.2, -0.15) is 0 Å². The van der Waals surface area contributed by atoms with Crippen LogP contribution < -0.4 is 0 Å². The molecule has 108 valence electrons. The summed E-state index contributed by atoms with van der Waals surface area (Å²) in [6.07, 6.45) is -1.04. The molecule has 1 atom stereocenters. The number of aliphatic hydroxyl groups excluding tert-OH is 1. The molecule has 7 nitrogen and oxygen atoms in total. The molecule has 0 radical (unpaired) electrons. The summed E-state index contributed by atoms with van der Waals surface area (Å²) < 4.78 is 31.9. The monoisotopic (exact) mass is 284 g/mol. The molecular weight excluding hydrogens is 263 g/mol. The molecule has 1 N–H and O–H groups in total. The normalized spacial score (nSPS) is 13.3. The van der Waals surface area contributed by atoms with Gasteiger partial charge in [-0.3, -0.25) is 9.36 Å². The van der Waals surface area contributed by atoms with E-state index in [2.05, 4.69) is 4.74 Å². The Morgan fingerprint density at radius 1 is 1.28 bits per heavy atom. The number of aliphatic hydroxyl groups is 1. The summed E-state index contributed by atoms with van der Waals surface area (Å²) in [5.41, 5.74) is 0. The van der Waals surface area contributed by atoms with Crippen molar-refractivity contribution in [2.75, 3.05) is 32.8 Å². The lowest BCUT2D eigenvalue weighted by Crippen LogP contribution is -2.26. The van der Waals surface area contributed by atoms with Crippen molar-refractivity contribution in [1.82, 2.24) is 0 Å². The first kappa shape index (κ1) is 17.5. The van der Waals surface area contributed by atoms with Gasteiger partial charge in [0.25, 0.3) is 0 Å². The maximum Gasteiger partial charge on any atom is 0.356 e. The molecule has 0 aromatic rings. The number of hydrogen-bond acceptors (Lipinski definition) is 7. The number of hydrogen-bond donors (Lipinski definition) is 1. The van der Waals surface area contributed by atoms with E-state index in [4.69, 9.17) is 18.9 Å². The van der Waals surface area contributed by atoms with E-state index in [1.165, 1.54) is 6.92 Å². The zero-order chi connectivity index (χ0) is 14.0. The molecule has 1 unspecified atom stereocenters. The van der Waals surface area contributed by atoms with Crippen LogP contribution in [-0.4, -0.2) is 50.0 Å². The fourth-order valence-corrected chi connectivity index (χ4v) is 2.47. The summed E-state index contributed by atoms with van der Waals surface area (Å²) in [6, 6.07) is 0. The van der Waals surface area contributed by atoms with E-state index in [0.29, 0.717) is 0 Å². The molecule has 18 heavy (non-hydrogen) atoms. The summed E-state index contributed by atoms with van der Waals surface area (Å²) >= 11 is 0. The van der Waals surface area contributed by atoms with Crippen LogP contribution in [-0.2, 0) is 27.9 Å². The molecule has 8 heteroatoms. The van der Waals surface area contributed by atoms with Crippen LogP contribution in [0.25, 0.3) is 0 Å². The minimum Gasteiger partial charge on any atom is -0.463 e. The zero-order valence-corrected chi connectivity index (χ0v) is 11.9. The van der Waals surface area contributed by atoms with Gasteiger partial charge in [0.05, 0.1) is 19.8 Å². The lowest BCUT2D eigenvalue weighted by atomic mass is 10.4. The Kier molecular flexibility index (Phi) is 9.23. The van der Waals surface area contributed by atoms with Gasteiger partial charge in [0.2, 0.25) is 0 Å². The first-order valence-electron chi connectivity index (χ1n) is 5.71. The summed E-state index contributed by atoms with van der Waals surface area (Å²) in [6.45, 7) is 4.63. The molecule has 0 aromatic heterocycles. The van der Waals surface area contributed by atoms with Gasteiger partial charge in [-0.1, -0.05) is 0 Å². The van der Waals surface area contributed by atoms with Gasteiger partial charge in [-0.15, -0.1) is 0 Å². The minimum absolute atomic E-state index is 0.107.